The highest BCUT2D eigenvalue weighted by molar-refractivity contribution is 5.27. The van der Waals surface area contributed by atoms with Gasteiger partial charge in [-0.15, -0.1) is 0 Å². The summed E-state index contributed by atoms with van der Waals surface area (Å²) in [5, 5.41) is 3.53. The summed E-state index contributed by atoms with van der Waals surface area (Å²) in [6.07, 6.45) is 1.27. The fourth-order valence-electron chi connectivity index (χ4n) is 3.76. The first kappa shape index (κ1) is 12.6. The minimum absolute atomic E-state index is 0.699. The molecule has 1 aromatic carbocycles. The standard InChI is InChI=1S/C16H25N/c1-5-13-15(12-9-7-6-8-10-12)14(11(2)3)16(13)17-4/h6-11,13-17H,5H2,1-4H3. The van der Waals surface area contributed by atoms with Crippen molar-refractivity contribution in [1.29, 1.82) is 0 Å². The molecule has 1 saturated carbocycles. The summed E-state index contributed by atoms with van der Waals surface area (Å²) in [7, 11) is 2.12. The molecule has 0 heterocycles. The Labute approximate surface area is 106 Å². The van der Waals surface area contributed by atoms with Gasteiger partial charge in [0, 0.05) is 6.04 Å². The molecule has 0 aromatic heterocycles. The molecular formula is C16H25N. The molecule has 17 heavy (non-hydrogen) atoms. The minimum atomic E-state index is 0.699. The van der Waals surface area contributed by atoms with E-state index in [1.807, 2.05) is 0 Å². The average molecular weight is 231 g/mol. The van der Waals surface area contributed by atoms with Crippen LogP contribution in [0.25, 0.3) is 0 Å². The summed E-state index contributed by atoms with van der Waals surface area (Å²) < 4.78 is 0. The van der Waals surface area contributed by atoms with Gasteiger partial charge < -0.3 is 5.32 Å². The van der Waals surface area contributed by atoms with Crippen molar-refractivity contribution in [2.45, 2.75) is 39.2 Å². The first-order chi connectivity index (χ1) is 8.20. The van der Waals surface area contributed by atoms with E-state index in [1.54, 1.807) is 0 Å². The Morgan fingerprint density at radius 3 is 2.29 bits per heavy atom. The summed E-state index contributed by atoms with van der Waals surface area (Å²) in [4.78, 5) is 0. The molecule has 94 valence electrons. The lowest BCUT2D eigenvalue weighted by Crippen LogP contribution is -2.57. The molecule has 1 fully saturated rings. The van der Waals surface area contributed by atoms with Crippen molar-refractivity contribution < 1.29 is 0 Å². The smallest absolute Gasteiger partial charge is 0.0135 e. The molecule has 1 aromatic rings. The van der Waals surface area contributed by atoms with E-state index < -0.39 is 0 Å². The lowest BCUT2D eigenvalue weighted by atomic mass is 9.54. The molecule has 4 atom stereocenters. The van der Waals surface area contributed by atoms with Crippen molar-refractivity contribution in [2.75, 3.05) is 7.05 Å². The Kier molecular flexibility index (Phi) is 3.88. The summed E-state index contributed by atoms with van der Waals surface area (Å²) >= 11 is 0. The Balaban J connectivity index is 2.25. The molecule has 2 rings (SSSR count). The number of nitrogens with one attached hydrogen (secondary N) is 1. The van der Waals surface area contributed by atoms with Crippen LogP contribution in [0.2, 0.25) is 0 Å². The zero-order chi connectivity index (χ0) is 12.4. The van der Waals surface area contributed by atoms with Crippen molar-refractivity contribution in [3.05, 3.63) is 35.9 Å². The first-order valence-corrected chi connectivity index (χ1v) is 6.92. The highest BCUT2D eigenvalue weighted by atomic mass is 14.9. The topological polar surface area (TPSA) is 12.0 Å². The second-order valence-corrected chi connectivity index (χ2v) is 5.64. The van der Waals surface area contributed by atoms with Crippen LogP contribution in [0.1, 0.15) is 38.7 Å². The summed E-state index contributed by atoms with van der Waals surface area (Å²) in [6, 6.07) is 11.8. The van der Waals surface area contributed by atoms with Crippen molar-refractivity contribution in [3.8, 4) is 0 Å². The molecular weight excluding hydrogens is 206 g/mol. The Hall–Kier alpha value is -0.820. The van der Waals surface area contributed by atoms with Crippen molar-refractivity contribution in [1.82, 2.24) is 5.32 Å². The van der Waals surface area contributed by atoms with Crippen LogP contribution in [-0.4, -0.2) is 13.1 Å². The van der Waals surface area contributed by atoms with Gasteiger partial charge in [0.25, 0.3) is 0 Å². The van der Waals surface area contributed by atoms with Gasteiger partial charge in [0.05, 0.1) is 0 Å². The zero-order valence-electron chi connectivity index (χ0n) is 11.5. The van der Waals surface area contributed by atoms with Crippen LogP contribution in [0.5, 0.6) is 0 Å². The molecule has 1 nitrogen and oxygen atoms in total. The monoisotopic (exact) mass is 231 g/mol. The number of benzene rings is 1. The van der Waals surface area contributed by atoms with Crippen molar-refractivity contribution >= 4 is 0 Å². The maximum absolute atomic E-state index is 3.53. The average Bonchev–Trinajstić information content (AvgIpc) is 2.29. The lowest BCUT2D eigenvalue weighted by molar-refractivity contribution is 0.0356. The Morgan fingerprint density at radius 2 is 1.82 bits per heavy atom. The summed E-state index contributed by atoms with van der Waals surface area (Å²) in [5.74, 6) is 3.08. The predicted molar refractivity (Wildman–Crippen MR) is 74.1 cm³/mol. The van der Waals surface area contributed by atoms with E-state index in [2.05, 4.69) is 63.5 Å². The van der Waals surface area contributed by atoms with Crippen LogP contribution in [0, 0.1) is 17.8 Å². The molecule has 0 bridgehead atoms. The van der Waals surface area contributed by atoms with Crippen LogP contribution >= 0.6 is 0 Å². The minimum Gasteiger partial charge on any atom is -0.316 e. The fourth-order valence-corrected chi connectivity index (χ4v) is 3.76. The van der Waals surface area contributed by atoms with E-state index in [-0.39, 0.29) is 0 Å². The van der Waals surface area contributed by atoms with Crippen molar-refractivity contribution in [2.24, 2.45) is 17.8 Å². The molecule has 0 aliphatic heterocycles. The maximum Gasteiger partial charge on any atom is 0.0135 e. The second kappa shape index (κ2) is 5.22. The van der Waals surface area contributed by atoms with E-state index in [1.165, 1.54) is 12.0 Å². The van der Waals surface area contributed by atoms with E-state index in [0.717, 1.165) is 23.7 Å². The molecule has 0 amide bonds. The van der Waals surface area contributed by atoms with Gasteiger partial charge in [-0.1, -0.05) is 57.5 Å². The highest BCUT2D eigenvalue weighted by Crippen LogP contribution is 2.52. The molecule has 1 heteroatoms. The first-order valence-electron chi connectivity index (χ1n) is 6.92. The van der Waals surface area contributed by atoms with Gasteiger partial charge in [0.1, 0.15) is 0 Å². The largest absolute Gasteiger partial charge is 0.316 e. The van der Waals surface area contributed by atoms with Crippen LogP contribution in [0.3, 0.4) is 0 Å². The van der Waals surface area contributed by atoms with Crippen LogP contribution in [0.4, 0.5) is 0 Å². The normalized spacial score (nSPS) is 32.5. The highest BCUT2D eigenvalue weighted by Gasteiger charge is 2.49. The predicted octanol–water partition coefficient (Wildman–Crippen LogP) is 3.67. The summed E-state index contributed by atoms with van der Waals surface area (Å²) in [6.45, 7) is 7.04. The molecule has 0 spiro atoms. The second-order valence-electron chi connectivity index (χ2n) is 5.64. The summed E-state index contributed by atoms with van der Waals surface area (Å²) in [5.41, 5.74) is 1.53. The molecule has 0 radical (unpaired) electrons. The SMILES string of the molecule is CCC1C(NC)C(C(C)C)C1c1ccccc1. The van der Waals surface area contributed by atoms with Gasteiger partial charge in [-0.3, -0.25) is 0 Å². The number of hydrogen-bond donors (Lipinski definition) is 1. The van der Waals surface area contributed by atoms with Crippen molar-refractivity contribution in [3.63, 3.8) is 0 Å². The van der Waals surface area contributed by atoms with E-state index in [0.29, 0.717) is 6.04 Å². The van der Waals surface area contributed by atoms with Gasteiger partial charge in [-0.2, -0.15) is 0 Å². The maximum atomic E-state index is 3.53. The van der Waals surface area contributed by atoms with E-state index in [9.17, 15) is 0 Å². The van der Waals surface area contributed by atoms with Crippen LogP contribution < -0.4 is 5.32 Å². The molecule has 4 unspecified atom stereocenters. The quantitative estimate of drug-likeness (QED) is 0.833. The van der Waals surface area contributed by atoms with E-state index >= 15 is 0 Å². The molecule has 1 aliphatic rings. The van der Waals surface area contributed by atoms with Crippen LogP contribution in [0.15, 0.2) is 30.3 Å². The number of hydrogen-bond acceptors (Lipinski definition) is 1. The fraction of sp³-hybridized carbons (Fsp3) is 0.625. The molecule has 0 saturated heterocycles. The van der Waals surface area contributed by atoms with Crippen LogP contribution in [-0.2, 0) is 0 Å². The third kappa shape index (κ3) is 2.13. The van der Waals surface area contributed by atoms with Gasteiger partial charge in [0.2, 0.25) is 0 Å². The Morgan fingerprint density at radius 1 is 1.18 bits per heavy atom. The molecule has 1 aliphatic carbocycles. The van der Waals surface area contributed by atoms with Gasteiger partial charge in [0.15, 0.2) is 0 Å². The Bertz CT molecular complexity index is 344. The van der Waals surface area contributed by atoms with Gasteiger partial charge >= 0.3 is 0 Å². The lowest BCUT2D eigenvalue weighted by Gasteiger charge is -2.54. The van der Waals surface area contributed by atoms with Gasteiger partial charge in [-0.25, -0.2) is 0 Å². The van der Waals surface area contributed by atoms with Gasteiger partial charge in [-0.05, 0) is 36.3 Å². The third-order valence-corrected chi connectivity index (χ3v) is 4.51. The third-order valence-electron chi connectivity index (χ3n) is 4.51. The zero-order valence-corrected chi connectivity index (χ0v) is 11.5. The molecule has 1 N–H and O–H groups in total. The number of rotatable bonds is 4. The van der Waals surface area contributed by atoms with E-state index in [4.69, 9.17) is 0 Å².